The number of nitrogens with one attached hydrogen (secondary N) is 2. The summed E-state index contributed by atoms with van der Waals surface area (Å²) in [5.41, 5.74) is 0.639. The number of carbonyl (C=O) groups is 2. The molecule has 1 saturated heterocycles. The average Bonchev–Trinajstić information content (AvgIpc) is 3.20. The van der Waals surface area contributed by atoms with Crippen molar-refractivity contribution >= 4 is 46.1 Å². The van der Waals surface area contributed by atoms with Crippen molar-refractivity contribution in [2.75, 3.05) is 38.2 Å². The van der Waals surface area contributed by atoms with Crippen LogP contribution >= 0.6 is 22.9 Å². The molecule has 0 bridgehead atoms. The van der Waals surface area contributed by atoms with E-state index in [0.717, 1.165) is 11.3 Å². The molecule has 2 heterocycles. The zero-order valence-electron chi connectivity index (χ0n) is 23.7. The number of urea groups is 1. The molecule has 2 rings (SSSR count). The number of rotatable bonds is 9. The van der Waals surface area contributed by atoms with E-state index in [4.69, 9.17) is 16.3 Å². The average molecular weight is 572 g/mol. The smallest absolute Gasteiger partial charge is 0.325 e. The van der Waals surface area contributed by atoms with Gasteiger partial charge in [0.1, 0.15) is 15.7 Å². The van der Waals surface area contributed by atoms with Crippen LogP contribution in [0.5, 0.6) is 0 Å². The second-order valence-electron chi connectivity index (χ2n) is 8.10. The molecule has 2 N–H and O–H groups in total. The van der Waals surface area contributed by atoms with Crippen molar-refractivity contribution in [1.82, 2.24) is 15.2 Å². The second kappa shape index (κ2) is 19.4. The molecule has 1 aliphatic rings. The van der Waals surface area contributed by atoms with Crippen molar-refractivity contribution in [3.05, 3.63) is 52.4 Å². The first-order chi connectivity index (χ1) is 18.0. The lowest BCUT2D eigenvalue weighted by molar-refractivity contribution is 0.0306. The monoisotopic (exact) mass is 571 g/mol. The number of halogens is 2. The molecule has 11 heteroatoms. The predicted molar refractivity (Wildman–Crippen MR) is 159 cm³/mol. The van der Waals surface area contributed by atoms with Crippen molar-refractivity contribution < 1.29 is 18.7 Å². The summed E-state index contributed by atoms with van der Waals surface area (Å²) in [6.45, 7) is 23.2. The number of allylic oxidation sites excluding steroid dienone is 2. The summed E-state index contributed by atoms with van der Waals surface area (Å²) in [5.74, 6) is 0.357. The Kier molecular flexibility index (Phi) is 18.0. The Morgan fingerprint density at radius 2 is 1.92 bits per heavy atom. The molecule has 0 aliphatic carbocycles. The fourth-order valence-corrected chi connectivity index (χ4v) is 4.17. The number of anilines is 1. The van der Waals surface area contributed by atoms with Crippen molar-refractivity contribution in [3.63, 3.8) is 0 Å². The highest BCUT2D eigenvalue weighted by Gasteiger charge is 2.26. The summed E-state index contributed by atoms with van der Waals surface area (Å²) in [7, 11) is 0. The molecule has 38 heavy (non-hydrogen) atoms. The quantitative estimate of drug-likeness (QED) is 0.186. The molecular weight excluding hydrogens is 529 g/mol. The van der Waals surface area contributed by atoms with Crippen LogP contribution < -0.4 is 10.6 Å². The third-order valence-electron chi connectivity index (χ3n) is 4.82. The minimum Gasteiger partial charge on any atom is -0.378 e. The number of ether oxygens (including phenoxy) is 1. The van der Waals surface area contributed by atoms with Gasteiger partial charge in [0.2, 0.25) is 0 Å². The van der Waals surface area contributed by atoms with Crippen molar-refractivity contribution in [1.29, 1.82) is 0 Å². The molecule has 0 saturated carbocycles. The Balaban J connectivity index is 0.00000150. The summed E-state index contributed by atoms with van der Waals surface area (Å²) in [6, 6.07) is -0.500. The molecular formula is C27H43ClFN5O3S. The van der Waals surface area contributed by atoms with Gasteiger partial charge in [0, 0.05) is 24.9 Å². The number of nitrogens with zero attached hydrogens (tertiary/aromatic N) is 3. The summed E-state index contributed by atoms with van der Waals surface area (Å²) >= 11 is 7.53. The molecule has 0 atom stereocenters. The van der Waals surface area contributed by atoms with Gasteiger partial charge < -0.3 is 9.64 Å². The number of morpholine rings is 1. The number of carbonyl (C=O) groups excluding carboxylic acids is 2. The highest BCUT2D eigenvalue weighted by molar-refractivity contribution is 7.19. The van der Waals surface area contributed by atoms with Gasteiger partial charge in [-0.05, 0) is 26.2 Å². The van der Waals surface area contributed by atoms with E-state index in [2.05, 4.69) is 28.9 Å². The van der Waals surface area contributed by atoms with Crippen LogP contribution in [0.25, 0.3) is 0 Å². The Labute approximate surface area is 236 Å². The van der Waals surface area contributed by atoms with Gasteiger partial charge in [-0.25, -0.2) is 14.2 Å². The largest absolute Gasteiger partial charge is 0.378 e. The number of hydrazone groups is 1. The van der Waals surface area contributed by atoms with Gasteiger partial charge in [0.25, 0.3) is 5.91 Å². The maximum absolute atomic E-state index is 12.8. The van der Waals surface area contributed by atoms with E-state index in [0.29, 0.717) is 65.6 Å². The SMILES string of the molecule is C/C=C(/F)CC.C=CCN(/N=C/C(C)C)C(=C)NC(=O)Nc1sc(C(=O)N2CCOCC2)c(Cl)c1C.CC. The first kappa shape index (κ1) is 35.3. The third kappa shape index (κ3) is 12.2. The summed E-state index contributed by atoms with van der Waals surface area (Å²) in [4.78, 5) is 27.3. The van der Waals surface area contributed by atoms with Gasteiger partial charge in [-0.1, -0.05) is 65.0 Å². The van der Waals surface area contributed by atoms with Crippen LogP contribution in [-0.2, 0) is 4.74 Å². The lowest BCUT2D eigenvalue weighted by atomic mass is 10.3. The zero-order valence-corrected chi connectivity index (χ0v) is 25.3. The van der Waals surface area contributed by atoms with E-state index in [9.17, 15) is 14.0 Å². The lowest BCUT2D eigenvalue weighted by Crippen LogP contribution is -2.40. The number of amides is 3. The Morgan fingerprint density at radius 3 is 2.39 bits per heavy atom. The van der Waals surface area contributed by atoms with Crippen molar-refractivity contribution in [3.8, 4) is 0 Å². The standard InChI is InChI=1S/C20H28ClN5O3S.C5H9F.C2H6/c1-6-7-26(22-12-13(2)3)15(5)23-20(28)24-18-14(4)16(21)17(30-18)19(27)25-8-10-29-11-9-25;1-3-5(6)4-2;1-2/h6,12-13H,1,5,7-11H2,2-4H3,(H2,23,24,28);3H,4H2,1-2H3;1-2H3/b22-12+;5-3+;. The van der Waals surface area contributed by atoms with Gasteiger partial charge in [-0.2, -0.15) is 5.10 Å². The Morgan fingerprint density at radius 1 is 1.32 bits per heavy atom. The van der Waals surface area contributed by atoms with Crippen molar-refractivity contribution in [2.24, 2.45) is 11.0 Å². The molecule has 0 radical (unpaired) electrons. The van der Waals surface area contributed by atoms with E-state index < -0.39 is 6.03 Å². The molecule has 1 aromatic rings. The van der Waals surface area contributed by atoms with Gasteiger partial charge in [0.15, 0.2) is 0 Å². The first-order valence-electron chi connectivity index (χ1n) is 12.7. The molecule has 214 valence electrons. The first-order valence-corrected chi connectivity index (χ1v) is 13.9. The maximum Gasteiger partial charge on any atom is 0.325 e. The molecule has 3 amide bonds. The molecule has 1 aromatic heterocycles. The minimum atomic E-state index is -0.500. The molecule has 0 unspecified atom stereocenters. The van der Waals surface area contributed by atoms with Crippen molar-refractivity contribution in [2.45, 2.75) is 54.9 Å². The molecule has 1 aliphatic heterocycles. The van der Waals surface area contributed by atoms with Crippen LogP contribution in [0, 0.1) is 12.8 Å². The lowest BCUT2D eigenvalue weighted by Gasteiger charge is -2.26. The van der Waals surface area contributed by atoms with Crippen LogP contribution in [0.3, 0.4) is 0 Å². The summed E-state index contributed by atoms with van der Waals surface area (Å²) in [5, 5.41) is 12.1. The fraction of sp³-hybridized carbons (Fsp3) is 0.519. The van der Waals surface area contributed by atoms with E-state index >= 15 is 0 Å². The predicted octanol–water partition coefficient (Wildman–Crippen LogP) is 7.20. The summed E-state index contributed by atoms with van der Waals surface area (Å²) in [6.07, 6.45) is 5.41. The van der Waals surface area contributed by atoms with E-state index in [1.54, 1.807) is 38.0 Å². The number of thiophene rings is 1. The molecule has 1 fully saturated rings. The topological polar surface area (TPSA) is 86.3 Å². The third-order valence-corrected chi connectivity index (χ3v) is 6.60. The summed E-state index contributed by atoms with van der Waals surface area (Å²) < 4.78 is 17.0. The molecule has 8 nitrogen and oxygen atoms in total. The highest BCUT2D eigenvalue weighted by atomic mass is 35.5. The maximum atomic E-state index is 12.8. The highest BCUT2D eigenvalue weighted by Crippen LogP contribution is 2.37. The van der Waals surface area contributed by atoms with Crippen LogP contribution in [0.1, 0.15) is 63.2 Å². The fourth-order valence-electron chi connectivity index (χ4n) is 2.76. The van der Waals surface area contributed by atoms with E-state index in [-0.39, 0.29) is 17.7 Å². The van der Waals surface area contributed by atoms with Gasteiger partial charge >= 0.3 is 6.03 Å². The van der Waals surface area contributed by atoms with Gasteiger partial charge in [-0.3, -0.25) is 15.4 Å². The zero-order chi connectivity index (χ0) is 29.3. The Hall–Kier alpha value is -2.69. The number of hydrogen-bond acceptors (Lipinski definition) is 6. The van der Waals surface area contributed by atoms with Gasteiger partial charge in [0.05, 0.1) is 30.6 Å². The van der Waals surface area contributed by atoms with Gasteiger partial charge in [-0.15, -0.1) is 17.9 Å². The Bertz CT molecular complexity index is 972. The normalized spacial score (nSPS) is 13.2. The van der Waals surface area contributed by atoms with E-state index in [1.807, 2.05) is 27.7 Å². The minimum absolute atomic E-state index is 0.0324. The van der Waals surface area contributed by atoms with Crippen LogP contribution in [-0.4, -0.2) is 60.9 Å². The molecule has 0 aromatic carbocycles. The second-order valence-corrected chi connectivity index (χ2v) is 9.50. The van der Waals surface area contributed by atoms with Crippen LogP contribution in [0.15, 0.2) is 42.1 Å². The number of hydrogen-bond donors (Lipinski definition) is 2. The molecule has 0 spiro atoms. The van der Waals surface area contributed by atoms with Crippen LogP contribution in [0.2, 0.25) is 5.02 Å². The van der Waals surface area contributed by atoms with E-state index in [1.165, 1.54) is 11.1 Å². The van der Waals surface area contributed by atoms with Crippen LogP contribution in [0.4, 0.5) is 14.2 Å².